The predicted octanol–water partition coefficient (Wildman–Crippen LogP) is 1.55. The number of carbonyl (C=O) groups is 4. The van der Waals surface area contributed by atoms with Crippen molar-refractivity contribution < 1.29 is 20.5 Å². The van der Waals surface area contributed by atoms with Crippen molar-refractivity contribution in [3.8, 4) is 0 Å². The third-order valence-corrected chi connectivity index (χ3v) is 5.83. The molecule has 0 aromatic carbocycles. The van der Waals surface area contributed by atoms with Crippen LogP contribution in [0, 0.1) is 11.8 Å². The highest BCUT2D eigenvalue weighted by Crippen LogP contribution is 2.17. The highest BCUT2D eigenvalue weighted by atomic mass is 16.2. The summed E-state index contributed by atoms with van der Waals surface area (Å²) in [6.07, 6.45) is 4.70. The van der Waals surface area contributed by atoms with Crippen molar-refractivity contribution in [2.75, 3.05) is 26.2 Å². The molecule has 1 aliphatic rings. The van der Waals surface area contributed by atoms with Gasteiger partial charge in [-0.1, -0.05) is 27.2 Å². The summed E-state index contributed by atoms with van der Waals surface area (Å²) in [5, 5.41) is 8.75. The van der Waals surface area contributed by atoms with Crippen LogP contribution in [0.25, 0.3) is 0 Å². The summed E-state index contributed by atoms with van der Waals surface area (Å²) in [5.74, 6) is 0.614. The van der Waals surface area contributed by atoms with E-state index in [0.717, 1.165) is 32.4 Å². The zero-order chi connectivity index (χ0) is 24.8. The Morgan fingerprint density at radius 1 is 1.22 bits per heavy atom. The molecule has 0 aromatic heterocycles. The van der Waals surface area contributed by atoms with Crippen molar-refractivity contribution in [3.05, 3.63) is 0 Å². The lowest BCUT2D eigenvalue weighted by Crippen LogP contribution is -2.49. The molecule has 1 aliphatic heterocycles. The number of unbranched alkanes of at least 4 members (excludes halogenated alkanes) is 2. The maximum absolute atomic E-state index is 12.4. The molecule has 0 radical (unpaired) electrons. The lowest BCUT2D eigenvalue weighted by atomic mass is 10.0. The van der Waals surface area contributed by atoms with Crippen LogP contribution in [-0.4, -0.2) is 66.8 Å². The van der Waals surface area contributed by atoms with E-state index in [2.05, 4.69) is 22.9 Å². The Bertz CT molecular complexity index is 646. The second kappa shape index (κ2) is 14.8. The van der Waals surface area contributed by atoms with Crippen molar-refractivity contribution in [1.29, 1.82) is 0 Å². The molecule has 1 heterocycles. The molecule has 0 bridgehead atoms. The number of amides is 4. The number of rotatable bonds is 16. The fourth-order valence-electron chi connectivity index (χ4n) is 3.85. The summed E-state index contributed by atoms with van der Waals surface area (Å²) < 4.78 is 7.39. The van der Waals surface area contributed by atoms with Crippen LogP contribution in [-0.2, 0) is 14.4 Å². The Morgan fingerprint density at radius 3 is 2.56 bits per heavy atom. The molecule has 32 heavy (non-hydrogen) atoms. The number of primary amides is 1. The van der Waals surface area contributed by atoms with Crippen LogP contribution >= 0.6 is 0 Å². The molecule has 0 aliphatic carbocycles. The maximum atomic E-state index is 12.4. The molecule has 1 saturated heterocycles. The number of nitrogens with zero attached hydrogens (tertiary/aromatic N) is 1. The number of nitrogens with one attached hydrogen (secondary N) is 3. The predicted molar refractivity (Wildman–Crippen MR) is 125 cm³/mol. The topological polar surface area (TPSA) is 134 Å². The van der Waals surface area contributed by atoms with Crippen molar-refractivity contribution in [2.24, 2.45) is 17.6 Å². The zero-order valence-corrected chi connectivity index (χ0v) is 20.0. The first kappa shape index (κ1) is 26.1. The highest BCUT2D eigenvalue weighted by Gasteiger charge is 2.25. The van der Waals surface area contributed by atoms with Gasteiger partial charge in [0.05, 0.1) is 6.04 Å². The van der Waals surface area contributed by atoms with Crippen molar-refractivity contribution >= 4 is 23.6 Å². The van der Waals surface area contributed by atoms with E-state index in [1.54, 1.807) is 0 Å². The van der Waals surface area contributed by atoms with Gasteiger partial charge in [-0.2, -0.15) is 0 Å². The first-order valence-electron chi connectivity index (χ1n) is 12.5. The van der Waals surface area contributed by atoms with Gasteiger partial charge in [-0.25, -0.2) is 4.79 Å². The Labute approximate surface area is 194 Å². The van der Waals surface area contributed by atoms with Crippen molar-refractivity contribution in [1.82, 2.24) is 20.9 Å². The molecular weight excluding hydrogens is 410 g/mol. The second-order valence-electron chi connectivity index (χ2n) is 9.24. The van der Waals surface area contributed by atoms with Gasteiger partial charge in [-0.15, -0.1) is 0 Å². The zero-order valence-electron chi connectivity index (χ0n) is 21.0. The number of hydrogen-bond acceptors (Lipinski definition) is 5. The standard InChI is InChI=1S/C23H43N5O4/c1-16(2)20(14-26-19(18(4)29)9-8-11-25-23(24)32)27-21(30)10-6-5-7-12-28-15-17(3)13-22(28)31/h16-17,19-20,26H,5-15H2,1-4H3,(H,27,30)(H3,24,25,32)/t17?,19-,20+/m0/s1/i4D. The minimum absolute atomic E-state index is 0.0182. The third-order valence-electron chi connectivity index (χ3n) is 5.83. The Hall–Kier alpha value is -2.16. The normalized spacial score (nSPS) is 18.4. The molecule has 3 atom stereocenters. The van der Waals surface area contributed by atoms with Gasteiger partial charge >= 0.3 is 6.03 Å². The Kier molecular flexibility index (Phi) is 12.1. The van der Waals surface area contributed by atoms with Crippen LogP contribution < -0.4 is 21.7 Å². The first-order valence-corrected chi connectivity index (χ1v) is 11.8. The molecule has 4 amide bonds. The number of likely N-dealkylation sites (tertiary alicyclic amines) is 1. The fraction of sp³-hybridized carbons (Fsp3) is 0.826. The molecule has 184 valence electrons. The lowest BCUT2D eigenvalue weighted by molar-refractivity contribution is -0.128. The van der Waals surface area contributed by atoms with Crippen LogP contribution in [0.2, 0.25) is 0 Å². The SMILES string of the molecule is [2H]CC(=O)[C@H](CCCNC(N)=O)NC[C@@H](NC(=O)CCCCCN1CC(C)CC1=O)C(C)C. The number of urea groups is 1. The van der Waals surface area contributed by atoms with E-state index in [1.807, 2.05) is 18.7 Å². The summed E-state index contributed by atoms with van der Waals surface area (Å²) in [4.78, 5) is 49.0. The highest BCUT2D eigenvalue weighted by molar-refractivity contribution is 5.81. The minimum atomic E-state index is -0.604. The summed E-state index contributed by atoms with van der Waals surface area (Å²) in [6, 6.07) is -1.23. The number of nitrogens with two attached hydrogens (primary N) is 1. The number of ketones is 1. The van der Waals surface area contributed by atoms with Crippen LogP contribution in [0.3, 0.4) is 0 Å². The van der Waals surface area contributed by atoms with Crippen LogP contribution in [0.1, 0.15) is 74.0 Å². The van der Waals surface area contributed by atoms with E-state index >= 15 is 0 Å². The summed E-state index contributed by atoms with van der Waals surface area (Å²) in [5.41, 5.74) is 5.05. The molecular formula is C23H43N5O4. The molecule has 1 fully saturated rings. The molecule has 0 aromatic rings. The lowest BCUT2D eigenvalue weighted by Gasteiger charge is -2.25. The molecule has 5 N–H and O–H groups in total. The average Bonchev–Trinajstić information content (AvgIpc) is 3.07. The van der Waals surface area contributed by atoms with E-state index in [1.165, 1.54) is 0 Å². The van der Waals surface area contributed by atoms with Gasteiger partial charge in [0, 0.05) is 46.4 Å². The van der Waals surface area contributed by atoms with Crippen LogP contribution in [0.15, 0.2) is 0 Å². The largest absolute Gasteiger partial charge is 0.352 e. The van der Waals surface area contributed by atoms with E-state index in [-0.39, 0.29) is 36.5 Å². The summed E-state index contributed by atoms with van der Waals surface area (Å²) in [7, 11) is 0. The van der Waals surface area contributed by atoms with Gasteiger partial charge in [0.1, 0.15) is 5.78 Å². The van der Waals surface area contributed by atoms with Crippen molar-refractivity contribution in [2.45, 2.75) is 84.7 Å². The fourth-order valence-corrected chi connectivity index (χ4v) is 3.85. The average molecular weight is 455 g/mol. The van der Waals surface area contributed by atoms with Crippen molar-refractivity contribution in [3.63, 3.8) is 0 Å². The molecule has 9 heteroatoms. The molecule has 0 saturated carbocycles. The Morgan fingerprint density at radius 2 is 1.97 bits per heavy atom. The summed E-state index contributed by atoms with van der Waals surface area (Å²) in [6.45, 7) is 8.21. The molecule has 0 spiro atoms. The second-order valence-corrected chi connectivity index (χ2v) is 9.24. The summed E-state index contributed by atoms with van der Waals surface area (Å²) >= 11 is 0. The van der Waals surface area contributed by atoms with E-state index in [9.17, 15) is 19.2 Å². The van der Waals surface area contributed by atoms with Crippen LogP contribution in [0.5, 0.6) is 0 Å². The smallest absolute Gasteiger partial charge is 0.312 e. The first-order chi connectivity index (χ1) is 15.6. The Balaban J connectivity index is 2.34. The molecule has 1 unspecified atom stereocenters. The van der Waals surface area contributed by atoms with E-state index in [4.69, 9.17) is 7.10 Å². The maximum Gasteiger partial charge on any atom is 0.312 e. The number of Topliss-reactive ketones (excluding diaryl/α,β-unsaturated/α-hetero) is 1. The molecule has 1 rings (SSSR count). The quantitative estimate of drug-likeness (QED) is 0.263. The van der Waals surface area contributed by atoms with E-state index in [0.29, 0.717) is 44.7 Å². The molecule has 9 nitrogen and oxygen atoms in total. The monoisotopic (exact) mass is 454 g/mol. The van der Waals surface area contributed by atoms with Crippen LogP contribution in [0.4, 0.5) is 4.79 Å². The van der Waals surface area contributed by atoms with Gasteiger partial charge in [-0.05, 0) is 44.4 Å². The number of hydrogen-bond donors (Lipinski definition) is 4. The van der Waals surface area contributed by atoms with Gasteiger partial charge in [0.25, 0.3) is 0 Å². The van der Waals surface area contributed by atoms with Gasteiger partial charge in [0.15, 0.2) is 0 Å². The third kappa shape index (κ3) is 11.5. The minimum Gasteiger partial charge on any atom is -0.352 e. The van der Waals surface area contributed by atoms with Gasteiger partial charge in [-0.3, -0.25) is 14.4 Å². The number of carbonyl (C=O) groups excluding carboxylic acids is 4. The van der Waals surface area contributed by atoms with Gasteiger partial charge < -0.3 is 26.6 Å². The van der Waals surface area contributed by atoms with E-state index < -0.39 is 12.1 Å². The van der Waals surface area contributed by atoms with Gasteiger partial charge in [0.2, 0.25) is 11.8 Å².